The maximum absolute atomic E-state index is 14.2. The van der Waals surface area contributed by atoms with E-state index in [-0.39, 0.29) is 47.0 Å². The van der Waals surface area contributed by atoms with Crippen molar-refractivity contribution >= 4 is 35.8 Å². The van der Waals surface area contributed by atoms with Crippen LogP contribution in [0.1, 0.15) is 30.4 Å². The molecule has 1 amide bonds. The van der Waals surface area contributed by atoms with Crippen molar-refractivity contribution in [2.45, 2.75) is 31.1 Å². The fourth-order valence-corrected chi connectivity index (χ4v) is 4.41. The molecule has 1 saturated carbocycles. The monoisotopic (exact) mass is 550 g/mol. The van der Waals surface area contributed by atoms with E-state index in [1.54, 1.807) is 13.1 Å². The summed E-state index contributed by atoms with van der Waals surface area (Å²) in [6.45, 7) is 2.88. The van der Waals surface area contributed by atoms with Crippen LogP contribution >= 0.6 is 24.0 Å². The Morgan fingerprint density at radius 1 is 1.12 bits per heavy atom. The number of carbonyl (C=O) groups excluding carboxylic acids is 1. The van der Waals surface area contributed by atoms with Crippen LogP contribution in [0, 0.1) is 11.7 Å². The molecule has 32 heavy (non-hydrogen) atoms. The van der Waals surface area contributed by atoms with Gasteiger partial charge in [0.05, 0.1) is 0 Å². The summed E-state index contributed by atoms with van der Waals surface area (Å²) in [7, 11) is 1.74. The van der Waals surface area contributed by atoms with Crippen LogP contribution in [0.5, 0.6) is 0 Å². The Morgan fingerprint density at radius 3 is 2.53 bits per heavy atom. The van der Waals surface area contributed by atoms with Crippen LogP contribution in [0.2, 0.25) is 0 Å². The average molecular weight is 550 g/mol. The quantitative estimate of drug-likeness (QED) is 0.299. The van der Waals surface area contributed by atoms with Crippen LogP contribution < -0.4 is 10.6 Å². The Balaban J connectivity index is 0.00000289. The van der Waals surface area contributed by atoms with Gasteiger partial charge in [0.2, 0.25) is 5.91 Å². The maximum Gasteiger partial charge on any atom is 0.223 e. The average Bonchev–Trinajstić information content (AvgIpc) is 3.49. The van der Waals surface area contributed by atoms with Crippen LogP contribution in [-0.2, 0) is 16.6 Å². The lowest BCUT2D eigenvalue weighted by Gasteiger charge is -2.21. The van der Waals surface area contributed by atoms with Gasteiger partial charge >= 0.3 is 0 Å². The fraction of sp³-hybridized carbons (Fsp3) is 0.440. The third-order valence-corrected chi connectivity index (χ3v) is 6.48. The van der Waals surface area contributed by atoms with E-state index in [1.807, 2.05) is 35.2 Å². The number of rotatable bonds is 8. The van der Waals surface area contributed by atoms with Gasteiger partial charge in [-0.1, -0.05) is 48.5 Å². The van der Waals surface area contributed by atoms with E-state index < -0.39 is 0 Å². The van der Waals surface area contributed by atoms with Gasteiger partial charge < -0.3 is 15.5 Å². The summed E-state index contributed by atoms with van der Waals surface area (Å²) in [6.07, 6.45) is 3.41. The normalized spacial score (nSPS) is 19.4. The highest BCUT2D eigenvalue weighted by Gasteiger charge is 2.45. The predicted octanol–water partition coefficient (Wildman–Crippen LogP) is 3.73. The molecule has 0 aromatic heterocycles. The first kappa shape index (κ1) is 24.5. The van der Waals surface area contributed by atoms with E-state index in [1.165, 1.54) is 11.6 Å². The van der Waals surface area contributed by atoms with Gasteiger partial charge in [-0.2, -0.15) is 0 Å². The molecule has 5 nitrogen and oxygen atoms in total. The third-order valence-electron chi connectivity index (χ3n) is 6.48. The van der Waals surface area contributed by atoms with Crippen LogP contribution in [-0.4, -0.2) is 50.0 Å². The number of benzene rings is 2. The molecule has 172 valence electrons. The van der Waals surface area contributed by atoms with Gasteiger partial charge in [-0.05, 0) is 36.5 Å². The molecule has 7 heteroatoms. The SMILES string of the molecule is CN=C(NCC1CC(=O)N(CCc2ccccc2)C1)NCC1(c2ccccc2F)CC1.I. The highest BCUT2D eigenvalue weighted by Crippen LogP contribution is 2.48. The zero-order valence-electron chi connectivity index (χ0n) is 18.5. The Labute approximate surface area is 206 Å². The third kappa shape index (κ3) is 5.99. The summed E-state index contributed by atoms with van der Waals surface area (Å²) in [5.74, 6) is 1.06. The van der Waals surface area contributed by atoms with Crippen LogP contribution in [0.15, 0.2) is 59.6 Å². The van der Waals surface area contributed by atoms with E-state index in [9.17, 15) is 9.18 Å². The number of aliphatic imine (C=N–C) groups is 1. The summed E-state index contributed by atoms with van der Waals surface area (Å²) in [5, 5.41) is 6.72. The second kappa shape index (κ2) is 11.1. The minimum atomic E-state index is -0.138. The van der Waals surface area contributed by atoms with Gasteiger partial charge in [-0.25, -0.2) is 4.39 Å². The van der Waals surface area contributed by atoms with Crippen LogP contribution in [0.3, 0.4) is 0 Å². The number of likely N-dealkylation sites (tertiary alicyclic amines) is 1. The molecule has 0 bridgehead atoms. The van der Waals surface area contributed by atoms with Gasteiger partial charge in [0.1, 0.15) is 5.82 Å². The molecule has 1 aliphatic heterocycles. The highest BCUT2D eigenvalue weighted by molar-refractivity contribution is 14.0. The minimum Gasteiger partial charge on any atom is -0.356 e. The topological polar surface area (TPSA) is 56.7 Å². The molecule has 2 aromatic carbocycles. The van der Waals surface area contributed by atoms with Crippen molar-refractivity contribution in [3.63, 3.8) is 0 Å². The molecule has 1 unspecified atom stereocenters. The Hall–Kier alpha value is -2.16. The lowest BCUT2D eigenvalue weighted by Crippen LogP contribution is -2.43. The zero-order valence-corrected chi connectivity index (χ0v) is 20.8. The molecule has 4 rings (SSSR count). The van der Waals surface area contributed by atoms with Crippen LogP contribution in [0.4, 0.5) is 4.39 Å². The largest absolute Gasteiger partial charge is 0.356 e. The first-order chi connectivity index (χ1) is 15.1. The molecule has 1 aliphatic carbocycles. The Kier molecular flexibility index (Phi) is 8.51. The van der Waals surface area contributed by atoms with Gasteiger partial charge in [-0.3, -0.25) is 9.79 Å². The predicted molar refractivity (Wildman–Crippen MR) is 137 cm³/mol. The Bertz CT molecular complexity index is 933. The maximum atomic E-state index is 14.2. The van der Waals surface area contributed by atoms with Crippen molar-refractivity contribution in [1.29, 1.82) is 0 Å². The molecular weight excluding hydrogens is 518 g/mol. The number of nitrogens with zero attached hydrogens (tertiary/aromatic N) is 2. The van der Waals surface area contributed by atoms with E-state index in [0.717, 1.165) is 37.9 Å². The van der Waals surface area contributed by atoms with Gasteiger partial charge in [0.25, 0.3) is 0 Å². The lowest BCUT2D eigenvalue weighted by atomic mass is 9.95. The van der Waals surface area contributed by atoms with Gasteiger partial charge in [0, 0.05) is 51.0 Å². The van der Waals surface area contributed by atoms with E-state index in [4.69, 9.17) is 0 Å². The van der Waals surface area contributed by atoms with Crippen molar-refractivity contribution in [3.05, 3.63) is 71.5 Å². The smallest absolute Gasteiger partial charge is 0.223 e. The number of halogens is 2. The molecule has 0 radical (unpaired) electrons. The molecule has 0 spiro atoms. The highest BCUT2D eigenvalue weighted by atomic mass is 127. The van der Waals surface area contributed by atoms with Crippen molar-refractivity contribution in [1.82, 2.24) is 15.5 Å². The van der Waals surface area contributed by atoms with Crippen molar-refractivity contribution in [3.8, 4) is 0 Å². The fourth-order valence-electron chi connectivity index (χ4n) is 4.41. The zero-order chi connectivity index (χ0) is 21.7. The number of hydrogen-bond acceptors (Lipinski definition) is 2. The second-order valence-electron chi connectivity index (χ2n) is 8.71. The molecule has 1 saturated heterocycles. The summed E-state index contributed by atoms with van der Waals surface area (Å²) in [5.41, 5.74) is 1.90. The minimum absolute atomic E-state index is 0. The first-order valence-corrected chi connectivity index (χ1v) is 11.1. The number of carbonyl (C=O) groups is 1. The molecule has 1 heterocycles. The van der Waals surface area contributed by atoms with Gasteiger partial charge in [-0.15, -0.1) is 24.0 Å². The van der Waals surface area contributed by atoms with Crippen molar-refractivity contribution in [2.75, 3.05) is 33.2 Å². The number of nitrogens with one attached hydrogen (secondary N) is 2. The number of amides is 1. The molecular formula is C25H32FIN4O. The molecule has 1 atom stereocenters. The molecule has 2 aromatic rings. The first-order valence-electron chi connectivity index (χ1n) is 11.1. The standard InChI is InChI=1S/C25H31FN4O.HI/c1-27-24(29-18-25(12-13-25)21-9-5-6-10-22(21)26)28-16-20-15-23(31)30(17-20)14-11-19-7-3-2-4-8-19;/h2-10,20H,11-18H2,1H3,(H2,27,28,29);1H. The van der Waals surface area contributed by atoms with Crippen molar-refractivity contribution < 1.29 is 9.18 Å². The second-order valence-corrected chi connectivity index (χ2v) is 8.71. The van der Waals surface area contributed by atoms with E-state index in [2.05, 4.69) is 27.8 Å². The summed E-state index contributed by atoms with van der Waals surface area (Å²) in [6, 6.07) is 17.3. The van der Waals surface area contributed by atoms with Crippen molar-refractivity contribution in [2.24, 2.45) is 10.9 Å². The molecule has 2 N–H and O–H groups in total. The molecule has 2 aliphatic rings. The van der Waals surface area contributed by atoms with Gasteiger partial charge in [0.15, 0.2) is 5.96 Å². The summed E-state index contributed by atoms with van der Waals surface area (Å²) in [4.78, 5) is 18.7. The number of guanidine groups is 1. The number of hydrogen-bond donors (Lipinski definition) is 2. The lowest BCUT2D eigenvalue weighted by molar-refractivity contribution is -0.127. The summed E-state index contributed by atoms with van der Waals surface area (Å²) >= 11 is 0. The Morgan fingerprint density at radius 2 is 1.84 bits per heavy atom. The van der Waals surface area contributed by atoms with E-state index in [0.29, 0.717) is 25.5 Å². The van der Waals surface area contributed by atoms with Crippen LogP contribution in [0.25, 0.3) is 0 Å². The molecule has 2 fully saturated rings. The van der Waals surface area contributed by atoms with E-state index >= 15 is 0 Å². The summed E-state index contributed by atoms with van der Waals surface area (Å²) < 4.78 is 14.2.